The third kappa shape index (κ3) is 5.07. The molecular formula is C25H30N6O4. The van der Waals surface area contributed by atoms with Crippen LogP contribution in [0.3, 0.4) is 0 Å². The van der Waals surface area contributed by atoms with Crippen LogP contribution >= 0.6 is 0 Å². The molecule has 3 heterocycles. The van der Waals surface area contributed by atoms with E-state index in [-0.39, 0.29) is 18.1 Å². The highest BCUT2D eigenvalue weighted by atomic mass is 16.5. The number of fused-ring (bicyclic) bond motifs is 1. The summed E-state index contributed by atoms with van der Waals surface area (Å²) in [5.41, 5.74) is 1.73. The van der Waals surface area contributed by atoms with Crippen molar-refractivity contribution in [2.24, 2.45) is 0 Å². The first kappa shape index (κ1) is 23.1. The molecule has 2 aliphatic rings. The fourth-order valence-corrected chi connectivity index (χ4v) is 4.52. The van der Waals surface area contributed by atoms with Gasteiger partial charge in [-0.2, -0.15) is 4.68 Å². The molecule has 2 aliphatic heterocycles. The van der Waals surface area contributed by atoms with Crippen LogP contribution in [-0.2, 0) is 17.8 Å². The van der Waals surface area contributed by atoms with Gasteiger partial charge in [0.1, 0.15) is 11.4 Å². The molecule has 0 atom stereocenters. The number of methoxy groups -OCH3 is 1. The van der Waals surface area contributed by atoms with E-state index in [9.17, 15) is 4.79 Å². The average molecular weight is 479 g/mol. The molecule has 1 amide bonds. The maximum atomic E-state index is 12.8. The third-order valence-corrected chi connectivity index (χ3v) is 6.35. The van der Waals surface area contributed by atoms with Crippen molar-refractivity contribution in [1.82, 2.24) is 30.0 Å². The van der Waals surface area contributed by atoms with Gasteiger partial charge in [-0.05, 0) is 54.6 Å². The maximum Gasteiger partial charge on any atom is 0.260 e. The highest BCUT2D eigenvalue weighted by Crippen LogP contribution is 2.41. The van der Waals surface area contributed by atoms with Gasteiger partial charge in [-0.1, -0.05) is 12.1 Å². The Morgan fingerprint density at radius 3 is 2.60 bits per heavy atom. The van der Waals surface area contributed by atoms with E-state index in [1.54, 1.807) is 11.8 Å². The summed E-state index contributed by atoms with van der Waals surface area (Å²) in [5, 5.41) is 12.2. The summed E-state index contributed by atoms with van der Waals surface area (Å²) in [6.45, 7) is 7.43. The molecule has 184 valence electrons. The van der Waals surface area contributed by atoms with E-state index in [4.69, 9.17) is 14.2 Å². The Hall–Kier alpha value is -3.66. The Kier molecular flexibility index (Phi) is 6.29. The van der Waals surface area contributed by atoms with Gasteiger partial charge in [0.25, 0.3) is 5.91 Å². The number of carbonyl (C=O) groups excluding carboxylic acids is 1. The SMILES string of the molecule is COc1ccc(-n2nnnc2CN2CCN(C(=O)COc3cccc4c3OC(C)(C)C4)CC2)cc1. The minimum atomic E-state index is -0.255. The Bertz CT molecular complexity index is 1180. The number of ether oxygens (including phenoxy) is 3. The van der Waals surface area contributed by atoms with Crippen LogP contribution in [0.25, 0.3) is 5.69 Å². The van der Waals surface area contributed by atoms with Gasteiger partial charge in [0.2, 0.25) is 0 Å². The largest absolute Gasteiger partial charge is 0.497 e. The van der Waals surface area contributed by atoms with Crippen LogP contribution in [0.5, 0.6) is 17.2 Å². The predicted molar refractivity (Wildman–Crippen MR) is 128 cm³/mol. The Morgan fingerprint density at radius 2 is 1.86 bits per heavy atom. The zero-order chi connectivity index (χ0) is 24.4. The number of aromatic nitrogens is 4. The van der Waals surface area contributed by atoms with Gasteiger partial charge in [0, 0.05) is 38.2 Å². The number of piperazine rings is 1. The van der Waals surface area contributed by atoms with Crippen molar-refractivity contribution >= 4 is 5.91 Å². The Labute approximate surface area is 204 Å². The topological polar surface area (TPSA) is 94.8 Å². The molecule has 10 nitrogen and oxygen atoms in total. The minimum Gasteiger partial charge on any atom is -0.497 e. The molecular weight excluding hydrogens is 448 g/mol. The van der Waals surface area contributed by atoms with Gasteiger partial charge in [0.15, 0.2) is 23.9 Å². The summed E-state index contributed by atoms with van der Waals surface area (Å²) in [7, 11) is 1.64. The van der Waals surface area contributed by atoms with Gasteiger partial charge < -0.3 is 19.1 Å². The molecule has 1 saturated heterocycles. The number of nitrogens with zero attached hydrogens (tertiary/aromatic N) is 6. The highest BCUT2D eigenvalue weighted by Gasteiger charge is 2.32. The number of rotatable bonds is 7. The molecule has 10 heteroatoms. The number of hydrogen-bond acceptors (Lipinski definition) is 8. The van der Waals surface area contributed by atoms with E-state index in [0.717, 1.165) is 48.1 Å². The summed E-state index contributed by atoms with van der Waals surface area (Å²) in [4.78, 5) is 16.9. The monoisotopic (exact) mass is 478 g/mol. The first-order valence-corrected chi connectivity index (χ1v) is 11.8. The number of benzene rings is 2. The maximum absolute atomic E-state index is 12.8. The lowest BCUT2D eigenvalue weighted by molar-refractivity contribution is -0.135. The van der Waals surface area contributed by atoms with Crippen molar-refractivity contribution in [2.75, 3.05) is 39.9 Å². The van der Waals surface area contributed by atoms with E-state index in [2.05, 4.69) is 34.3 Å². The van der Waals surface area contributed by atoms with Crippen molar-refractivity contribution in [3.63, 3.8) is 0 Å². The molecule has 0 unspecified atom stereocenters. The van der Waals surface area contributed by atoms with Gasteiger partial charge >= 0.3 is 0 Å². The predicted octanol–water partition coefficient (Wildman–Crippen LogP) is 2.11. The molecule has 2 aromatic carbocycles. The van der Waals surface area contributed by atoms with Crippen LogP contribution in [0.15, 0.2) is 42.5 Å². The summed E-state index contributed by atoms with van der Waals surface area (Å²) in [6.07, 6.45) is 0.831. The van der Waals surface area contributed by atoms with Crippen LogP contribution < -0.4 is 14.2 Å². The van der Waals surface area contributed by atoms with Crippen LogP contribution in [0.1, 0.15) is 25.2 Å². The summed E-state index contributed by atoms with van der Waals surface area (Å²) >= 11 is 0. The Balaban J connectivity index is 1.13. The van der Waals surface area contributed by atoms with Gasteiger partial charge in [-0.15, -0.1) is 5.10 Å². The van der Waals surface area contributed by atoms with Gasteiger partial charge in [-0.3, -0.25) is 9.69 Å². The zero-order valence-corrected chi connectivity index (χ0v) is 20.3. The van der Waals surface area contributed by atoms with E-state index >= 15 is 0 Å². The number of hydrogen-bond donors (Lipinski definition) is 0. The van der Waals surface area contributed by atoms with Crippen molar-refractivity contribution in [1.29, 1.82) is 0 Å². The van der Waals surface area contributed by atoms with Crippen LogP contribution in [0, 0.1) is 0 Å². The second-order valence-corrected chi connectivity index (χ2v) is 9.43. The third-order valence-electron chi connectivity index (χ3n) is 6.35. The molecule has 0 saturated carbocycles. The van der Waals surface area contributed by atoms with E-state index in [1.807, 2.05) is 47.4 Å². The molecule has 1 aromatic heterocycles. The fourth-order valence-electron chi connectivity index (χ4n) is 4.52. The molecule has 0 aliphatic carbocycles. The quantitative estimate of drug-likeness (QED) is 0.510. The molecule has 0 spiro atoms. The summed E-state index contributed by atoms with van der Waals surface area (Å²) < 4.78 is 18.9. The fraction of sp³-hybridized carbons (Fsp3) is 0.440. The molecule has 0 bridgehead atoms. The van der Waals surface area contributed by atoms with E-state index in [0.29, 0.717) is 25.4 Å². The summed E-state index contributed by atoms with van der Waals surface area (Å²) in [6, 6.07) is 13.4. The lowest BCUT2D eigenvalue weighted by atomic mass is 10.0. The molecule has 0 radical (unpaired) electrons. The molecule has 1 fully saturated rings. The molecule has 0 N–H and O–H groups in total. The number of amides is 1. The second-order valence-electron chi connectivity index (χ2n) is 9.43. The zero-order valence-electron chi connectivity index (χ0n) is 20.3. The summed E-state index contributed by atoms with van der Waals surface area (Å²) in [5.74, 6) is 2.89. The number of para-hydroxylation sites is 1. The minimum absolute atomic E-state index is 0.00401. The number of tetrazole rings is 1. The second kappa shape index (κ2) is 9.53. The van der Waals surface area contributed by atoms with E-state index in [1.165, 1.54) is 0 Å². The number of carbonyl (C=O) groups is 1. The van der Waals surface area contributed by atoms with Crippen LogP contribution in [0.4, 0.5) is 0 Å². The average Bonchev–Trinajstić information content (AvgIpc) is 3.45. The lowest BCUT2D eigenvalue weighted by Crippen LogP contribution is -2.49. The Morgan fingerprint density at radius 1 is 1.09 bits per heavy atom. The van der Waals surface area contributed by atoms with Crippen molar-refractivity contribution in [3.05, 3.63) is 53.9 Å². The van der Waals surface area contributed by atoms with Crippen LogP contribution in [-0.4, -0.2) is 81.4 Å². The van der Waals surface area contributed by atoms with Gasteiger partial charge in [-0.25, -0.2) is 0 Å². The van der Waals surface area contributed by atoms with Crippen molar-refractivity contribution in [3.8, 4) is 22.9 Å². The van der Waals surface area contributed by atoms with Crippen molar-refractivity contribution in [2.45, 2.75) is 32.4 Å². The standard InChI is InChI=1S/C25H30N6O4/c1-25(2)15-18-5-4-6-21(24(18)35-25)34-17-23(32)30-13-11-29(12-14-30)16-22-26-27-28-31(22)19-7-9-20(33-3)10-8-19/h4-10H,11-17H2,1-3H3. The normalized spacial score (nSPS) is 17.1. The highest BCUT2D eigenvalue weighted by molar-refractivity contribution is 5.78. The smallest absolute Gasteiger partial charge is 0.260 e. The first-order valence-electron chi connectivity index (χ1n) is 11.8. The first-order chi connectivity index (χ1) is 16.9. The molecule has 35 heavy (non-hydrogen) atoms. The van der Waals surface area contributed by atoms with E-state index < -0.39 is 0 Å². The van der Waals surface area contributed by atoms with Crippen LogP contribution in [0.2, 0.25) is 0 Å². The van der Waals surface area contributed by atoms with Crippen molar-refractivity contribution < 1.29 is 19.0 Å². The van der Waals surface area contributed by atoms with Gasteiger partial charge in [0.05, 0.1) is 19.3 Å². The molecule has 5 rings (SSSR count). The lowest BCUT2D eigenvalue weighted by Gasteiger charge is -2.34. The molecule has 3 aromatic rings.